The number of rotatable bonds is 3. The van der Waals surface area contributed by atoms with Crippen LogP contribution in [-0.2, 0) is 11.2 Å². The fraction of sp³-hybridized carbons (Fsp3) is 0.158. The summed E-state index contributed by atoms with van der Waals surface area (Å²) in [5.41, 5.74) is 2.65. The predicted molar refractivity (Wildman–Crippen MR) is 97.6 cm³/mol. The van der Waals surface area contributed by atoms with Crippen molar-refractivity contribution in [2.75, 3.05) is 5.32 Å². The van der Waals surface area contributed by atoms with E-state index >= 15 is 0 Å². The maximum Gasteiger partial charge on any atom is 0.230 e. The van der Waals surface area contributed by atoms with E-state index in [2.05, 4.69) is 22.4 Å². The molecule has 5 heteroatoms. The van der Waals surface area contributed by atoms with Crippen LogP contribution in [0.5, 0.6) is 0 Å². The third-order valence-corrected chi connectivity index (χ3v) is 5.15. The number of hydrogen-bond acceptors (Lipinski definition) is 4. The Morgan fingerprint density at radius 2 is 2.04 bits per heavy atom. The van der Waals surface area contributed by atoms with Crippen LogP contribution in [0.15, 0.2) is 47.1 Å². The average molecular weight is 336 g/mol. The molecular formula is C19H16N2O2S. The van der Waals surface area contributed by atoms with Gasteiger partial charge in [0.1, 0.15) is 5.58 Å². The lowest BCUT2D eigenvalue weighted by Gasteiger charge is -2.03. The van der Waals surface area contributed by atoms with Crippen molar-refractivity contribution >= 4 is 44.1 Å². The van der Waals surface area contributed by atoms with E-state index in [9.17, 15) is 4.79 Å². The Hall–Kier alpha value is -2.66. The summed E-state index contributed by atoms with van der Waals surface area (Å²) in [4.78, 5) is 17.9. The number of thiazole rings is 1. The topological polar surface area (TPSA) is 55.1 Å². The zero-order valence-corrected chi connectivity index (χ0v) is 14.2. The second-order valence-electron chi connectivity index (χ2n) is 5.81. The normalized spacial score (nSPS) is 11.2. The summed E-state index contributed by atoms with van der Waals surface area (Å²) in [6.45, 7) is 3.94. The zero-order valence-electron chi connectivity index (χ0n) is 13.4. The maximum atomic E-state index is 12.4. The van der Waals surface area contributed by atoms with Crippen molar-refractivity contribution in [2.24, 2.45) is 0 Å². The number of fused-ring (bicyclic) bond motifs is 3. The molecule has 0 spiro atoms. The highest BCUT2D eigenvalue weighted by atomic mass is 32.1. The summed E-state index contributed by atoms with van der Waals surface area (Å²) >= 11 is 1.49. The molecule has 4 rings (SSSR count). The molecule has 1 N–H and O–H groups in total. The van der Waals surface area contributed by atoms with E-state index in [1.54, 1.807) is 6.26 Å². The minimum absolute atomic E-state index is 0.0839. The van der Waals surface area contributed by atoms with Crippen LogP contribution in [0.25, 0.3) is 21.7 Å². The summed E-state index contributed by atoms with van der Waals surface area (Å²) in [7, 11) is 0. The highest BCUT2D eigenvalue weighted by Gasteiger charge is 2.14. The predicted octanol–water partition coefficient (Wildman–Crippen LogP) is 4.84. The second kappa shape index (κ2) is 5.76. The Bertz CT molecular complexity index is 1040. The van der Waals surface area contributed by atoms with Gasteiger partial charge < -0.3 is 9.73 Å². The summed E-state index contributed by atoms with van der Waals surface area (Å²) < 4.78 is 5.64. The van der Waals surface area contributed by atoms with Crippen molar-refractivity contribution in [3.63, 3.8) is 0 Å². The molecule has 0 aliphatic heterocycles. The minimum atomic E-state index is -0.0839. The first kappa shape index (κ1) is 14.9. The van der Waals surface area contributed by atoms with Gasteiger partial charge in [-0.3, -0.25) is 4.79 Å². The number of aryl methyl sites for hydroxylation is 2. The number of benzene rings is 2. The number of carbonyl (C=O) groups is 1. The Morgan fingerprint density at radius 1 is 1.21 bits per heavy atom. The number of nitrogens with one attached hydrogen (secondary N) is 1. The Kier molecular flexibility index (Phi) is 3.58. The molecule has 0 saturated carbocycles. The molecule has 4 aromatic rings. The highest BCUT2D eigenvalue weighted by molar-refractivity contribution is 7.15. The average Bonchev–Trinajstić information content (AvgIpc) is 3.11. The number of amides is 1. The monoisotopic (exact) mass is 336 g/mol. The molecule has 0 aliphatic carbocycles. The van der Waals surface area contributed by atoms with E-state index in [0.29, 0.717) is 5.13 Å². The van der Waals surface area contributed by atoms with Gasteiger partial charge in [0.15, 0.2) is 5.13 Å². The van der Waals surface area contributed by atoms with Gasteiger partial charge in [-0.15, -0.1) is 11.3 Å². The van der Waals surface area contributed by atoms with Gasteiger partial charge in [0.25, 0.3) is 0 Å². The maximum absolute atomic E-state index is 12.4. The first-order chi connectivity index (χ1) is 11.6. The van der Waals surface area contributed by atoms with Gasteiger partial charge in [0, 0.05) is 15.8 Å². The zero-order chi connectivity index (χ0) is 16.7. The lowest BCUT2D eigenvalue weighted by Crippen LogP contribution is -2.14. The molecule has 1 amide bonds. The molecule has 0 radical (unpaired) electrons. The highest BCUT2D eigenvalue weighted by Crippen LogP contribution is 2.30. The van der Waals surface area contributed by atoms with Crippen molar-refractivity contribution in [1.29, 1.82) is 0 Å². The smallest absolute Gasteiger partial charge is 0.230 e. The van der Waals surface area contributed by atoms with Crippen molar-refractivity contribution < 1.29 is 9.21 Å². The lowest BCUT2D eigenvalue weighted by molar-refractivity contribution is -0.115. The fourth-order valence-electron chi connectivity index (χ4n) is 2.87. The van der Waals surface area contributed by atoms with E-state index in [1.165, 1.54) is 11.3 Å². The summed E-state index contributed by atoms with van der Waals surface area (Å²) in [5, 5.41) is 6.78. The molecule has 4 nitrogen and oxygen atoms in total. The molecule has 2 aromatic heterocycles. The quantitative estimate of drug-likeness (QED) is 0.582. The van der Waals surface area contributed by atoms with E-state index in [0.717, 1.165) is 37.9 Å². The first-order valence-corrected chi connectivity index (χ1v) is 8.55. The molecule has 2 heterocycles. The molecular weight excluding hydrogens is 320 g/mol. The molecule has 0 atom stereocenters. The Morgan fingerprint density at radius 3 is 2.83 bits per heavy atom. The molecule has 120 valence electrons. The van der Waals surface area contributed by atoms with Gasteiger partial charge in [-0.2, -0.15) is 0 Å². The number of carbonyl (C=O) groups excluding carboxylic acids is 1. The van der Waals surface area contributed by atoms with E-state index in [4.69, 9.17) is 4.42 Å². The van der Waals surface area contributed by atoms with E-state index < -0.39 is 0 Å². The molecule has 0 saturated heterocycles. The van der Waals surface area contributed by atoms with Crippen molar-refractivity contribution in [3.8, 4) is 0 Å². The largest absolute Gasteiger partial charge is 0.464 e. The van der Waals surface area contributed by atoms with Gasteiger partial charge in [-0.1, -0.05) is 30.3 Å². The summed E-state index contributed by atoms with van der Waals surface area (Å²) in [6, 6.07) is 12.1. The molecule has 0 aliphatic rings. The summed E-state index contributed by atoms with van der Waals surface area (Å²) in [6.07, 6.45) is 1.94. The Balaban J connectivity index is 1.66. The molecule has 0 bridgehead atoms. The van der Waals surface area contributed by atoms with Crippen LogP contribution in [0.4, 0.5) is 5.13 Å². The lowest BCUT2D eigenvalue weighted by atomic mass is 10.0. The third-order valence-electron chi connectivity index (χ3n) is 4.17. The van der Waals surface area contributed by atoms with Gasteiger partial charge in [-0.05, 0) is 30.7 Å². The van der Waals surface area contributed by atoms with Crippen molar-refractivity contribution in [1.82, 2.24) is 4.98 Å². The molecule has 2 aromatic carbocycles. The van der Waals surface area contributed by atoms with Crippen LogP contribution < -0.4 is 5.32 Å². The summed E-state index contributed by atoms with van der Waals surface area (Å²) in [5.74, 6) is -0.0839. The van der Waals surface area contributed by atoms with Crippen LogP contribution >= 0.6 is 11.3 Å². The number of aromatic nitrogens is 1. The molecule has 0 unspecified atom stereocenters. The number of anilines is 1. The van der Waals surface area contributed by atoms with Gasteiger partial charge >= 0.3 is 0 Å². The molecule has 24 heavy (non-hydrogen) atoms. The van der Waals surface area contributed by atoms with Crippen LogP contribution in [0.2, 0.25) is 0 Å². The number of furan rings is 1. The van der Waals surface area contributed by atoms with Gasteiger partial charge in [-0.25, -0.2) is 4.98 Å². The van der Waals surface area contributed by atoms with Crippen LogP contribution in [0.1, 0.15) is 16.1 Å². The first-order valence-electron chi connectivity index (χ1n) is 7.73. The molecule has 0 fully saturated rings. The number of nitrogens with zero attached hydrogens (tertiary/aromatic N) is 1. The van der Waals surface area contributed by atoms with E-state index in [1.807, 2.05) is 38.1 Å². The van der Waals surface area contributed by atoms with E-state index in [-0.39, 0.29) is 12.3 Å². The number of hydrogen-bond donors (Lipinski definition) is 1. The van der Waals surface area contributed by atoms with Gasteiger partial charge in [0.2, 0.25) is 5.91 Å². The Labute approximate surface area is 143 Å². The van der Waals surface area contributed by atoms with Crippen LogP contribution in [0.3, 0.4) is 0 Å². The fourth-order valence-corrected chi connectivity index (χ4v) is 3.70. The standard InChI is InChI=1S/C19H16N2O2S/c1-11-12(2)24-19(20-11)21-17(22)9-14-10-23-16-8-7-13-5-3-4-6-15(13)18(14)16/h3-8,10H,9H2,1-2H3,(H,20,21,22). The third kappa shape index (κ3) is 2.57. The van der Waals surface area contributed by atoms with Crippen molar-refractivity contribution in [3.05, 3.63) is 58.8 Å². The van der Waals surface area contributed by atoms with Crippen LogP contribution in [-0.4, -0.2) is 10.9 Å². The van der Waals surface area contributed by atoms with Crippen molar-refractivity contribution in [2.45, 2.75) is 20.3 Å². The SMILES string of the molecule is Cc1nc(NC(=O)Cc2coc3ccc4ccccc4c23)sc1C. The van der Waals surface area contributed by atoms with Gasteiger partial charge in [0.05, 0.1) is 18.4 Å². The van der Waals surface area contributed by atoms with Crippen LogP contribution in [0, 0.1) is 13.8 Å². The second-order valence-corrected chi connectivity index (χ2v) is 7.01. The minimum Gasteiger partial charge on any atom is -0.464 e.